The fraction of sp³-hybridized carbons (Fsp3) is 0.143. The molecule has 0 aliphatic rings. The molecule has 0 saturated heterocycles. The first-order chi connectivity index (χ1) is 4.91. The van der Waals surface area contributed by atoms with E-state index in [1.54, 1.807) is 12.4 Å². The molecule has 0 fully saturated rings. The molecule has 0 unspecified atom stereocenters. The highest BCUT2D eigenvalue weighted by Crippen LogP contribution is 1.73. The molecule has 0 spiro atoms. The Labute approximate surface area is 59.9 Å². The van der Waals surface area contributed by atoms with Gasteiger partial charge in [-0.3, -0.25) is 4.98 Å². The largest absolute Gasteiger partial charge is 0.324 e. The summed E-state index contributed by atoms with van der Waals surface area (Å²) in [6.45, 7) is 0.139. The fourth-order valence-corrected chi connectivity index (χ4v) is 0.313. The van der Waals surface area contributed by atoms with Crippen molar-refractivity contribution < 1.29 is 4.79 Å². The van der Waals surface area contributed by atoms with Gasteiger partial charge in [0.25, 0.3) is 0 Å². The molecule has 1 rings (SSSR count). The monoisotopic (exact) mass is 138 g/mol. The van der Waals surface area contributed by atoms with Gasteiger partial charge in [0, 0.05) is 18.9 Å². The van der Waals surface area contributed by atoms with E-state index < -0.39 is 0 Å². The van der Waals surface area contributed by atoms with Crippen LogP contribution in [-0.4, -0.2) is 17.8 Å². The molecule has 2 N–H and O–H groups in total. The number of aldehydes is 1. The predicted molar refractivity (Wildman–Crippen MR) is 39.4 cm³/mol. The second-order valence-corrected chi connectivity index (χ2v) is 1.43. The van der Waals surface area contributed by atoms with Crippen LogP contribution >= 0.6 is 0 Å². The molecule has 0 radical (unpaired) electrons. The van der Waals surface area contributed by atoms with Crippen LogP contribution in [0.2, 0.25) is 0 Å². The van der Waals surface area contributed by atoms with Gasteiger partial charge in [-0.15, -0.1) is 0 Å². The van der Waals surface area contributed by atoms with Gasteiger partial charge in [0.15, 0.2) is 0 Å². The molecular formula is C7H10N2O. The van der Waals surface area contributed by atoms with Crippen molar-refractivity contribution >= 4 is 6.29 Å². The Bertz CT molecular complexity index is 126. The van der Waals surface area contributed by atoms with Crippen molar-refractivity contribution in [3.05, 3.63) is 30.6 Å². The number of rotatable bonds is 1. The molecule has 54 valence electrons. The van der Waals surface area contributed by atoms with Gasteiger partial charge in [-0.05, 0) is 12.1 Å². The lowest BCUT2D eigenvalue weighted by Crippen LogP contribution is -1.97. The number of carbonyl (C=O) groups excluding carboxylic acids is 1. The van der Waals surface area contributed by atoms with E-state index in [2.05, 4.69) is 10.7 Å². The highest BCUT2D eigenvalue weighted by Gasteiger charge is 1.58. The Balaban J connectivity index is 0.000000180. The van der Waals surface area contributed by atoms with E-state index in [1.807, 2.05) is 18.2 Å². The topological polar surface area (TPSA) is 56.0 Å². The van der Waals surface area contributed by atoms with E-state index in [9.17, 15) is 0 Å². The summed E-state index contributed by atoms with van der Waals surface area (Å²) in [6, 6.07) is 5.72. The lowest BCUT2D eigenvalue weighted by molar-refractivity contribution is -0.106. The first-order valence-electron chi connectivity index (χ1n) is 2.90. The lowest BCUT2D eigenvalue weighted by atomic mass is 10.5. The standard InChI is InChI=1S/C5H5N.C2H5NO/c1-2-4-6-5-3-1;3-1-2-4/h1-5H;2H,1,3H2. The molecule has 3 heteroatoms. The highest BCUT2D eigenvalue weighted by atomic mass is 16.1. The summed E-state index contributed by atoms with van der Waals surface area (Å²) in [7, 11) is 0. The van der Waals surface area contributed by atoms with E-state index in [0.29, 0.717) is 6.29 Å². The number of nitrogens with two attached hydrogens (primary N) is 1. The minimum Gasteiger partial charge on any atom is -0.324 e. The van der Waals surface area contributed by atoms with Crippen molar-refractivity contribution in [2.45, 2.75) is 0 Å². The molecule has 1 aromatic rings. The summed E-state index contributed by atoms with van der Waals surface area (Å²) < 4.78 is 0. The zero-order chi connectivity index (χ0) is 7.66. The number of hydrogen-bond acceptors (Lipinski definition) is 3. The van der Waals surface area contributed by atoms with Crippen LogP contribution in [0.5, 0.6) is 0 Å². The van der Waals surface area contributed by atoms with E-state index in [4.69, 9.17) is 4.79 Å². The van der Waals surface area contributed by atoms with Gasteiger partial charge in [0.1, 0.15) is 6.29 Å². The minimum atomic E-state index is 0.139. The van der Waals surface area contributed by atoms with E-state index in [1.165, 1.54) is 0 Å². The molecule has 0 atom stereocenters. The SMILES string of the molecule is NCC=O.c1ccncc1. The van der Waals surface area contributed by atoms with Gasteiger partial charge in [-0.2, -0.15) is 0 Å². The van der Waals surface area contributed by atoms with Crippen molar-refractivity contribution in [2.24, 2.45) is 5.73 Å². The van der Waals surface area contributed by atoms with Crippen LogP contribution in [0.3, 0.4) is 0 Å². The molecule has 3 nitrogen and oxygen atoms in total. The van der Waals surface area contributed by atoms with Crippen LogP contribution in [0, 0.1) is 0 Å². The Hall–Kier alpha value is -1.22. The lowest BCUT2D eigenvalue weighted by Gasteiger charge is -1.70. The molecule has 10 heavy (non-hydrogen) atoms. The molecule has 0 aliphatic heterocycles. The maximum absolute atomic E-state index is 9.05. The number of carbonyl (C=O) groups is 1. The summed E-state index contributed by atoms with van der Waals surface area (Å²) in [5.41, 5.74) is 4.66. The summed E-state index contributed by atoms with van der Waals surface area (Å²) in [4.78, 5) is 12.8. The van der Waals surface area contributed by atoms with Crippen LogP contribution in [0.4, 0.5) is 0 Å². The number of aromatic nitrogens is 1. The third-order valence-corrected chi connectivity index (χ3v) is 0.663. The maximum atomic E-state index is 9.05. The number of hydrogen-bond donors (Lipinski definition) is 1. The van der Waals surface area contributed by atoms with E-state index >= 15 is 0 Å². The Morgan fingerprint density at radius 1 is 1.30 bits per heavy atom. The molecule has 0 saturated carbocycles. The van der Waals surface area contributed by atoms with Gasteiger partial charge in [-0.1, -0.05) is 6.07 Å². The normalized spacial score (nSPS) is 7.30. The van der Waals surface area contributed by atoms with Gasteiger partial charge in [0.05, 0.1) is 0 Å². The molecule has 0 aromatic carbocycles. The minimum absolute atomic E-state index is 0.139. The molecule has 1 heterocycles. The Morgan fingerprint density at radius 2 is 1.80 bits per heavy atom. The van der Waals surface area contributed by atoms with Crippen molar-refractivity contribution in [2.75, 3.05) is 6.54 Å². The third kappa shape index (κ3) is 6.78. The van der Waals surface area contributed by atoms with Crippen LogP contribution in [0.15, 0.2) is 30.6 Å². The van der Waals surface area contributed by atoms with E-state index in [0.717, 1.165) is 0 Å². The van der Waals surface area contributed by atoms with Gasteiger partial charge >= 0.3 is 0 Å². The van der Waals surface area contributed by atoms with Crippen molar-refractivity contribution in [1.29, 1.82) is 0 Å². The number of pyridine rings is 1. The average Bonchev–Trinajstić information content (AvgIpc) is 2.08. The molecule has 0 bridgehead atoms. The number of nitrogens with zero attached hydrogens (tertiary/aromatic N) is 1. The first-order valence-corrected chi connectivity index (χ1v) is 2.90. The summed E-state index contributed by atoms with van der Waals surface area (Å²) in [5.74, 6) is 0. The Morgan fingerprint density at radius 3 is 1.90 bits per heavy atom. The molecule has 0 amide bonds. The van der Waals surface area contributed by atoms with Gasteiger partial charge in [-0.25, -0.2) is 0 Å². The van der Waals surface area contributed by atoms with Crippen LogP contribution < -0.4 is 5.73 Å². The van der Waals surface area contributed by atoms with Gasteiger partial charge in [0.2, 0.25) is 0 Å². The fourth-order valence-electron chi connectivity index (χ4n) is 0.313. The zero-order valence-electron chi connectivity index (χ0n) is 5.60. The first kappa shape index (κ1) is 8.78. The average molecular weight is 138 g/mol. The summed E-state index contributed by atoms with van der Waals surface area (Å²) in [6.07, 6.45) is 4.15. The van der Waals surface area contributed by atoms with Crippen LogP contribution in [0.25, 0.3) is 0 Å². The smallest absolute Gasteiger partial charge is 0.133 e. The van der Waals surface area contributed by atoms with E-state index in [-0.39, 0.29) is 6.54 Å². The zero-order valence-corrected chi connectivity index (χ0v) is 5.60. The van der Waals surface area contributed by atoms with Crippen LogP contribution in [-0.2, 0) is 4.79 Å². The van der Waals surface area contributed by atoms with Crippen molar-refractivity contribution in [3.63, 3.8) is 0 Å². The predicted octanol–water partition coefficient (Wildman–Crippen LogP) is 0.226. The highest BCUT2D eigenvalue weighted by molar-refractivity contribution is 5.51. The quantitative estimate of drug-likeness (QED) is 0.565. The third-order valence-electron chi connectivity index (χ3n) is 0.663. The molecular weight excluding hydrogens is 128 g/mol. The maximum Gasteiger partial charge on any atom is 0.133 e. The Kier molecular flexibility index (Phi) is 6.83. The summed E-state index contributed by atoms with van der Waals surface area (Å²) in [5, 5.41) is 0. The second kappa shape index (κ2) is 7.78. The van der Waals surface area contributed by atoms with Crippen molar-refractivity contribution in [1.82, 2.24) is 4.98 Å². The molecule has 0 aliphatic carbocycles. The molecule has 1 aromatic heterocycles. The van der Waals surface area contributed by atoms with Crippen molar-refractivity contribution in [3.8, 4) is 0 Å². The van der Waals surface area contributed by atoms with Crippen LogP contribution in [0.1, 0.15) is 0 Å². The second-order valence-electron chi connectivity index (χ2n) is 1.43. The van der Waals surface area contributed by atoms with Gasteiger partial charge < -0.3 is 10.5 Å². The summed E-state index contributed by atoms with van der Waals surface area (Å²) >= 11 is 0.